The van der Waals surface area contributed by atoms with Crippen molar-refractivity contribution in [1.29, 1.82) is 0 Å². The summed E-state index contributed by atoms with van der Waals surface area (Å²) in [6.07, 6.45) is 3.64. The van der Waals surface area contributed by atoms with Crippen LogP contribution in [0.2, 0.25) is 0 Å². The number of hydrogen-bond donors (Lipinski definition) is 0. The van der Waals surface area contributed by atoms with E-state index in [0.717, 1.165) is 72.6 Å². The van der Waals surface area contributed by atoms with Gasteiger partial charge in [0.05, 0.1) is 22.1 Å². The second-order valence-electron chi connectivity index (χ2n) is 14.4. The average Bonchev–Trinajstić information content (AvgIpc) is 4.06. The molecule has 0 aliphatic rings. The molecule has 0 aliphatic carbocycles. The van der Waals surface area contributed by atoms with E-state index in [1.165, 1.54) is 21.8 Å². The predicted octanol–water partition coefficient (Wildman–Crippen LogP) is 12.6. The van der Waals surface area contributed by atoms with E-state index in [1.807, 2.05) is 71.4 Å². The molecule has 0 spiro atoms. The largest absolute Gasteiger partial charge is 0.309 e. The van der Waals surface area contributed by atoms with Crippen molar-refractivity contribution in [2.24, 2.45) is 0 Å². The Bertz CT molecular complexity index is 3390. The minimum atomic E-state index is 0. The first-order valence-corrected chi connectivity index (χ1v) is 19.6. The van der Waals surface area contributed by atoms with Gasteiger partial charge in [0.2, 0.25) is 0 Å². The number of para-hydroxylation sites is 4. The third-order valence-electron chi connectivity index (χ3n) is 10.9. The van der Waals surface area contributed by atoms with Crippen molar-refractivity contribution in [3.05, 3.63) is 219 Å². The number of hydrogen-bond acceptors (Lipinski definition) is 3. The Morgan fingerprint density at radius 2 is 1.15 bits per heavy atom. The fraction of sp³-hybridized carbons (Fsp3) is 0. The molecule has 0 bridgehead atoms. The number of pyridine rings is 2. The standard InChI is InChI=1S/C42H26N5.C11H8N.Ir/c1-3-14-31(15-4-1)45-36-20-9-7-18-33(36)35-27-29(22-23-37(35)45)28-12-11-13-30(26-28)42-44-40-34-19-8-10-21-38(34)47-39(24-25-43-47)41(40)46(42)32-16-5-2-6-17-32;1-2-6-10(7-3-1)11-8-4-5-9-12-11;/h1-20,22-27H;1-6,8-9H;/q2*-1;. The molecule has 7 aromatic carbocycles. The number of imidazole rings is 1. The molecule has 12 rings (SSSR count). The molecule has 5 aromatic heterocycles. The van der Waals surface area contributed by atoms with Crippen LogP contribution < -0.4 is 0 Å². The number of fused-ring (bicyclic) bond motifs is 9. The number of rotatable bonds is 5. The topological polar surface area (TPSA) is 52.9 Å². The van der Waals surface area contributed by atoms with Crippen molar-refractivity contribution in [3.8, 4) is 45.1 Å². The summed E-state index contributed by atoms with van der Waals surface area (Å²) >= 11 is 0. The molecule has 0 amide bonds. The van der Waals surface area contributed by atoms with E-state index in [9.17, 15) is 0 Å². The van der Waals surface area contributed by atoms with Crippen LogP contribution in [0.15, 0.2) is 207 Å². The molecule has 0 atom stereocenters. The molecule has 0 fully saturated rings. The zero-order chi connectivity index (χ0) is 39.1. The summed E-state index contributed by atoms with van der Waals surface area (Å²) in [7, 11) is 0. The van der Waals surface area contributed by atoms with Crippen molar-refractivity contribution in [2.45, 2.75) is 0 Å². The third kappa shape index (κ3) is 6.38. The summed E-state index contributed by atoms with van der Waals surface area (Å²) in [5.74, 6) is 0.884. The van der Waals surface area contributed by atoms with E-state index in [4.69, 9.17) is 4.98 Å². The van der Waals surface area contributed by atoms with Gasteiger partial charge in [-0.1, -0.05) is 96.4 Å². The van der Waals surface area contributed by atoms with Crippen LogP contribution in [-0.2, 0) is 20.1 Å². The smallest absolute Gasteiger partial charge is 0.144 e. The Morgan fingerprint density at radius 1 is 0.450 bits per heavy atom. The van der Waals surface area contributed by atoms with Crippen molar-refractivity contribution in [3.63, 3.8) is 0 Å². The van der Waals surface area contributed by atoms with Gasteiger partial charge >= 0.3 is 0 Å². The van der Waals surface area contributed by atoms with Gasteiger partial charge in [-0.15, -0.1) is 35.9 Å². The monoisotopic (exact) mass is 947 g/mol. The van der Waals surface area contributed by atoms with E-state index < -0.39 is 0 Å². The molecule has 60 heavy (non-hydrogen) atoms. The maximum absolute atomic E-state index is 5.38. The fourth-order valence-corrected chi connectivity index (χ4v) is 8.24. The van der Waals surface area contributed by atoms with E-state index in [-0.39, 0.29) is 20.1 Å². The van der Waals surface area contributed by atoms with E-state index in [2.05, 4.69) is 165 Å². The molecule has 0 unspecified atom stereocenters. The summed E-state index contributed by atoms with van der Waals surface area (Å²) in [4.78, 5) is 9.60. The molecule has 1 radical (unpaired) electrons. The number of aromatic nitrogens is 6. The molecule has 0 N–H and O–H groups in total. The maximum Gasteiger partial charge on any atom is 0.144 e. The molecule has 7 heteroatoms. The van der Waals surface area contributed by atoms with Crippen molar-refractivity contribution >= 4 is 49.3 Å². The molecule has 5 heterocycles. The summed E-state index contributed by atoms with van der Waals surface area (Å²) in [6.45, 7) is 0. The normalized spacial score (nSPS) is 11.2. The first-order valence-electron chi connectivity index (χ1n) is 19.6. The first-order chi connectivity index (χ1) is 29.3. The average molecular weight is 947 g/mol. The van der Waals surface area contributed by atoms with Crippen LogP contribution in [-0.4, -0.2) is 28.7 Å². The second-order valence-corrected chi connectivity index (χ2v) is 14.4. The molecule has 0 saturated heterocycles. The Kier molecular flexibility index (Phi) is 9.66. The SMILES string of the molecule is [Ir].[c-]1cccc2c3nc(-c4cccc(-c5ccc6c(c5)c5ccccc5n6-c5ccccc5)c4)n(-c4ccccc4)c3c3ccnn3c12.[c-]1ccccc1-c1ccccn1. The van der Waals surface area contributed by atoms with Crippen LogP contribution in [0.4, 0.5) is 0 Å². The van der Waals surface area contributed by atoms with Gasteiger partial charge < -0.3 is 9.55 Å². The van der Waals surface area contributed by atoms with Crippen LogP contribution in [0.5, 0.6) is 0 Å². The van der Waals surface area contributed by atoms with Gasteiger partial charge in [0.1, 0.15) is 5.82 Å². The van der Waals surface area contributed by atoms with Crippen LogP contribution >= 0.6 is 0 Å². The molecule has 287 valence electrons. The maximum atomic E-state index is 5.38. The Labute approximate surface area is 360 Å². The van der Waals surface area contributed by atoms with Crippen LogP contribution in [0, 0.1) is 12.1 Å². The van der Waals surface area contributed by atoms with Gasteiger partial charge in [0, 0.05) is 65.7 Å². The van der Waals surface area contributed by atoms with Gasteiger partial charge in [-0.25, -0.2) is 4.98 Å². The molecular formula is C53H34IrN6-2. The van der Waals surface area contributed by atoms with Crippen LogP contribution in [0.3, 0.4) is 0 Å². The minimum absolute atomic E-state index is 0. The summed E-state index contributed by atoms with van der Waals surface area (Å²) in [5, 5.41) is 8.17. The summed E-state index contributed by atoms with van der Waals surface area (Å²) < 4.78 is 6.60. The first kappa shape index (κ1) is 36.9. The van der Waals surface area contributed by atoms with E-state index in [0.29, 0.717) is 0 Å². The Morgan fingerprint density at radius 3 is 1.95 bits per heavy atom. The summed E-state index contributed by atoms with van der Waals surface area (Å²) in [6, 6.07) is 73.6. The van der Waals surface area contributed by atoms with Crippen molar-refractivity contribution < 1.29 is 20.1 Å². The second kappa shape index (κ2) is 15.7. The number of nitrogens with zero attached hydrogens (tertiary/aromatic N) is 6. The van der Waals surface area contributed by atoms with Gasteiger partial charge in [-0.05, 0) is 83.0 Å². The molecule has 6 nitrogen and oxygen atoms in total. The predicted molar refractivity (Wildman–Crippen MR) is 240 cm³/mol. The zero-order valence-corrected chi connectivity index (χ0v) is 34.5. The molecule has 0 aliphatic heterocycles. The summed E-state index contributed by atoms with van der Waals surface area (Å²) in [5.41, 5.74) is 13.8. The quantitative estimate of drug-likeness (QED) is 0.162. The van der Waals surface area contributed by atoms with Gasteiger partial charge in [-0.3, -0.25) is 9.08 Å². The van der Waals surface area contributed by atoms with E-state index >= 15 is 0 Å². The van der Waals surface area contributed by atoms with Crippen molar-refractivity contribution in [1.82, 2.24) is 28.7 Å². The van der Waals surface area contributed by atoms with Gasteiger partial charge in [0.15, 0.2) is 0 Å². The van der Waals surface area contributed by atoms with Gasteiger partial charge in [0.25, 0.3) is 0 Å². The number of benzene rings is 7. The molecular weight excluding hydrogens is 913 g/mol. The Balaban J connectivity index is 0.000000287. The zero-order valence-electron chi connectivity index (χ0n) is 32.1. The minimum Gasteiger partial charge on any atom is -0.309 e. The fourth-order valence-electron chi connectivity index (χ4n) is 8.24. The van der Waals surface area contributed by atoms with Crippen LogP contribution in [0.25, 0.3) is 94.4 Å². The third-order valence-corrected chi connectivity index (χ3v) is 10.9. The van der Waals surface area contributed by atoms with Crippen LogP contribution in [0.1, 0.15) is 0 Å². The van der Waals surface area contributed by atoms with E-state index in [1.54, 1.807) is 6.20 Å². The van der Waals surface area contributed by atoms with Crippen molar-refractivity contribution in [2.75, 3.05) is 0 Å². The molecule has 12 aromatic rings. The van der Waals surface area contributed by atoms with Gasteiger partial charge in [-0.2, -0.15) is 29.4 Å². The molecule has 0 saturated carbocycles. The Hall–Kier alpha value is -7.44.